The zero-order chi connectivity index (χ0) is 97.9. The molecule has 0 amide bonds. The predicted molar refractivity (Wildman–Crippen MR) is 557 cm³/mol. The van der Waals surface area contributed by atoms with Crippen molar-refractivity contribution in [2.24, 2.45) is 118 Å². The second kappa shape index (κ2) is 89.4. The van der Waals surface area contributed by atoms with Gasteiger partial charge in [-0.3, -0.25) is 4.90 Å². The fourth-order valence-corrected chi connectivity index (χ4v) is 14.0. The molecule has 0 aromatic rings. The molecular formula is C108H238N4O9S2. The molecule has 1 aliphatic carbocycles. The second-order valence-electron chi connectivity index (χ2n) is 45.9. The molecule has 0 atom stereocenters. The maximum Gasteiger partial charge on any atom is 0.152 e. The number of nitrogens with one attached hydrogen (secondary N) is 2. The van der Waals surface area contributed by atoms with Crippen LogP contribution < -0.4 is 10.6 Å². The van der Waals surface area contributed by atoms with Gasteiger partial charge in [0.05, 0.1) is 46.4 Å². The summed E-state index contributed by atoms with van der Waals surface area (Å²) < 4.78 is 72.6. The van der Waals surface area contributed by atoms with E-state index < -0.39 is 19.7 Å². The number of rotatable bonds is 50. The molecule has 0 spiro atoms. The standard InChI is InChI=1S/C10H21N.C10H20O.C10H22.C9H19NO.C9H21N.C9H20O2S.2C9H20O.C9H20.C8H19N.C8H18O2S.C8H18O/c1-8(2)5-10-6-11(7-10)9(3)4;1-7(2)9-5-10(6-9)11-8(3)4;1-9(2)7-5-6-8-10(3)4;1-7(2)10-5-9(6-10)11-8(3)4;1-8(2)5-6-10-7-9(3)4;1-8(2)6-5-7-12(10,11)9(3)4;2*1-8(2)5-6-10-7-9(3)4;1-8(2)6-5-7-9(3)4;1-7(2)5-9-6-8(3)4;1-7(2)5-6-11(9,10)8(3)4;1-7(2)5-9-6-8(3)4/h8-10H,5-7H2,1-4H3;7-10H,5-6H2,1-4H3;9-10H,5-8H2,1-4H3;7-9H,5-6H2,1-4H3;8-10H,5-7H2,1-4H3;8-9H,5-7H2,1-4H3;2*8-9H,5-7H2,1-4H3;8-9H,5-7H2,1-4H3;7-9H,5-6H2,1-4H3;7-8H,5-6H2,1-4H3;7-8H,5-6H2,1-4H3. The number of nitrogens with zero attached hydrogens (tertiary/aromatic N) is 2. The minimum absolute atomic E-state index is 0.218. The van der Waals surface area contributed by atoms with Crippen molar-refractivity contribution in [3.05, 3.63) is 0 Å². The molecule has 0 aromatic carbocycles. The molecule has 1 saturated carbocycles. The monoisotopic (exact) mass is 1800 g/mol. The number of hydrogen-bond donors (Lipinski definition) is 2. The zero-order valence-corrected chi connectivity index (χ0v) is 94.8. The van der Waals surface area contributed by atoms with Crippen LogP contribution in [0.4, 0.5) is 0 Å². The van der Waals surface area contributed by atoms with Crippen LogP contribution in [0.2, 0.25) is 0 Å². The summed E-state index contributed by atoms with van der Waals surface area (Å²) >= 11 is 0. The molecule has 2 heterocycles. The van der Waals surface area contributed by atoms with Gasteiger partial charge in [-0.25, -0.2) is 16.8 Å². The molecule has 3 fully saturated rings. The van der Waals surface area contributed by atoms with Gasteiger partial charge in [-0.15, -0.1) is 0 Å². The molecule has 3 aliphatic rings. The number of unbranched alkanes of at least 4 members (excludes halogenated alkanes) is 1. The van der Waals surface area contributed by atoms with Gasteiger partial charge in [0, 0.05) is 77.9 Å². The summed E-state index contributed by atoms with van der Waals surface area (Å²) in [6.45, 7) is 120. The molecule has 756 valence electrons. The number of ether oxygens (including phenoxy) is 5. The minimum Gasteiger partial charge on any atom is -0.381 e. The number of hydrogen-bond acceptors (Lipinski definition) is 13. The molecular weight excluding hydrogens is 1560 g/mol. The van der Waals surface area contributed by atoms with Gasteiger partial charge in [0.1, 0.15) is 0 Å². The summed E-state index contributed by atoms with van der Waals surface area (Å²) in [6, 6.07) is 1.44. The van der Waals surface area contributed by atoms with Crippen molar-refractivity contribution < 1.29 is 40.5 Å². The molecule has 15 heteroatoms. The fourth-order valence-electron chi connectivity index (χ4n) is 11.7. The van der Waals surface area contributed by atoms with E-state index in [1.54, 1.807) is 27.7 Å². The fraction of sp³-hybridized carbons (Fsp3) is 1.00. The summed E-state index contributed by atoms with van der Waals surface area (Å²) in [5, 5.41) is 6.36. The van der Waals surface area contributed by atoms with Crippen LogP contribution in [0.15, 0.2) is 0 Å². The van der Waals surface area contributed by atoms with Crippen molar-refractivity contribution in [2.45, 2.75) is 482 Å². The Morgan fingerprint density at radius 1 is 0.285 bits per heavy atom. The van der Waals surface area contributed by atoms with Crippen LogP contribution in [-0.4, -0.2) is 177 Å². The van der Waals surface area contributed by atoms with E-state index in [0.29, 0.717) is 77.5 Å². The molecule has 2 saturated heterocycles. The van der Waals surface area contributed by atoms with E-state index in [0.717, 1.165) is 181 Å². The highest BCUT2D eigenvalue weighted by molar-refractivity contribution is 7.92. The molecule has 123 heavy (non-hydrogen) atoms. The van der Waals surface area contributed by atoms with Gasteiger partial charge in [-0.1, -0.05) is 301 Å². The summed E-state index contributed by atoms with van der Waals surface area (Å²) in [4.78, 5) is 4.97. The average Bonchev–Trinajstić information content (AvgIpc) is 0.860. The van der Waals surface area contributed by atoms with Crippen LogP contribution in [-0.2, 0) is 43.4 Å². The summed E-state index contributed by atoms with van der Waals surface area (Å²) in [7, 11) is -5.59. The number of likely N-dealkylation sites (tertiary alicyclic amines) is 2. The first-order valence-electron chi connectivity index (χ1n) is 51.7. The van der Waals surface area contributed by atoms with Crippen molar-refractivity contribution in [1.82, 2.24) is 20.4 Å². The van der Waals surface area contributed by atoms with Crippen molar-refractivity contribution >= 4 is 19.7 Å². The van der Waals surface area contributed by atoms with E-state index >= 15 is 0 Å². The van der Waals surface area contributed by atoms with Crippen molar-refractivity contribution in [2.75, 3.05) is 104 Å². The topological polar surface area (TPSA) is 145 Å². The molecule has 13 nitrogen and oxygen atoms in total. The minimum atomic E-state index is -2.79. The van der Waals surface area contributed by atoms with E-state index in [2.05, 4.69) is 311 Å². The lowest BCUT2D eigenvalue weighted by Crippen LogP contribution is -2.55. The third-order valence-electron chi connectivity index (χ3n) is 20.2. The first kappa shape index (κ1) is 140. The molecule has 0 radical (unpaired) electrons. The predicted octanol–water partition coefficient (Wildman–Crippen LogP) is 30.0. The third-order valence-corrected chi connectivity index (χ3v) is 24.7. The van der Waals surface area contributed by atoms with Gasteiger partial charge in [-0.05, 0) is 279 Å². The van der Waals surface area contributed by atoms with Crippen LogP contribution in [0.3, 0.4) is 0 Å². The van der Waals surface area contributed by atoms with Crippen LogP contribution in [0.1, 0.15) is 435 Å². The van der Waals surface area contributed by atoms with Crippen molar-refractivity contribution in [1.29, 1.82) is 0 Å². The normalized spacial score (nSPS) is 15.2. The molecule has 0 aromatic heterocycles. The van der Waals surface area contributed by atoms with E-state index in [1.807, 2.05) is 13.8 Å². The Morgan fingerprint density at radius 2 is 0.577 bits per heavy atom. The average molecular weight is 1800 g/mol. The quantitative estimate of drug-likeness (QED) is 0.0558. The second-order valence-corrected chi connectivity index (χ2v) is 51.2. The van der Waals surface area contributed by atoms with Gasteiger partial charge >= 0.3 is 0 Å². The van der Waals surface area contributed by atoms with Gasteiger partial charge in [-0.2, -0.15) is 0 Å². The van der Waals surface area contributed by atoms with Crippen LogP contribution >= 0.6 is 0 Å². The Kier molecular flexibility index (Phi) is 102. The largest absolute Gasteiger partial charge is 0.381 e. The lowest BCUT2D eigenvalue weighted by atomic mass is 9.75. The van der Waals surface area contributed by atoms with E-state index in [1.165, 1.54) is 103 Å². The summed E-state index contributed by atoms with van der Waals surface area (Å²) in [5.41, 5.74) is 0. The van der Waals surface area contributed by atoms with Crippen LogP contribution in [0, 0.1) is 118 Å². The van der Waals surface area contributed by atoms with E-state index in [4.69, 9.17) is 23.7 Å². The van der Waals surface area contributed by atoms with Crippen LogP contribution in [0.5, 0.6) is 0 Å². The lowest BCUT2D eigenvalue weighted by molar-refractivity contribution is -0.0903. The van der Waals surface area contributed by atoms with Gasteiger partial charge in [0.15, 0.2) is 19.7 Å². The van der Waals surface area contributed by atoms with E-state index in [-0.39, 0.29) is 10.5 Å². The maximum absolute atomic E-state index is 11.3. The van der Waals surface area contributed by atoms with Crippen molar-refractivity contribution in [3.63, 3.8) is 0 Å². The zero-order valence-electron chi connectivity index (χ0n) is 93.2. The van der Waals surface area contributed by atoms with Gasteiger partial charge in [0.2, 0.25) is 0 Å². The first-order valence-corrected chi connectivity index (χ1v) is 55.2. The van der Waals surface area contributed by atoms with Gasteiger partial charge in [0.25, 0.3) is 0 Å². The first-order chi connectivity index (χ1) is 56.4. The maximum atomic E-state index is 11.3. The Labute approximate surface area is 779 Å². The highest BCUT2D eigenvalue weighted by atomic mass is 32.2. The molecule has 2 N–H and O–H groups in total. The SMILES string of the molecule is CC(C)CC1CN(C(C)C)C1.CC(C)CCCC(C)C.CC(C)CCCCC(C)C.CC(C)CCCS(=O)(=O)C(C)C.CC(C)CCNCC(C)C.CC(C)CCOCC(C)C.CC(C)CCOCC(C)C.CC(C)CCS(=O)(=O)C(C)C.CC(C)CNCC(C)C.CC(C)COCC(C)C.CC(C)OC1CC(C(C)C)C1.CC(C)OC1CN(C(C)C)C1. The van der Waals surface area contributed by atoms with Crippen molar-refractivity contribution in [3.8, 4) is 0 Å². The summed E-state index contributed by atoms with van der Waals surface area (Å²) in [5.74, 6) is 16.4. The van der Waals surface area contributed by atoms with Crippen LogP contribution in [0.25, 0.3) is 0 Å². The number of sulfone groups is 2. The summed E-state index contributed by atoms with van der Waals surface area (Å²) in [6.07, 6.45) is 22.0. The van der Waals surface area contributed by atoms with E-state index in [9.17, 15) is 16.8 Å². The Morgan fingerprint density at radius 3 is 0.862 bits per heavy atom. The Balaban J connectivity index is -0.000000165. The molecule has 2 aliphatic heterocycles. The highest BCUT2D eigenvalue weighted by Crippen LogP contribution is 2.36. The third kappa shape index (κ3) is 124. The highest BCUT2D eigenvalue weighted by Gasteiger charge is 2.33. The van der Waals surface area contributed by atoms with Gasteiger partial charge < -0.3 is 39.2 Å². The molecule has 3 rings (SSSR count). The Hall–Kier alpha value is -0.460. The smallest absolute Gasteiger partial charge is 0.152 e. The lowest BCUT2D eigenvalue weighted by Gasteiger charge is -2.42. The molecule has 0 bridgehead atoms. The molecule has 0 unspecified atom stereocenters. The Bertz CT molecular complexity index is 2040.